The molecule has 0 saturated carbocycles. The first kappa shape index (κ1) is 14.0. The normalized spacial score (nSPS) is 11.5. The third kappa shape index (κ3) is 4.03. The lowest BCUT2D eigenvalue weighted by Gasteiger charge is -2.07. The van der Waals surface area contributed by atoms with Crippen LogP contribution in [0.4, 0.5) is 0 Å². The van der Waals surface area contributed by atoms with Crippen LogP contribution in [-0.2, 0) is 11.3 Å². The van der Waals surface area contributed by atoms with Crippen LogP contribution in [0.25, 0.3) is 0 Å². The molecule has 0 amide bonds. The summed E-state index contributed by atoms with van der Waals surface area (Å²) < 4.78 is 16.0. The van der Waals surface area contributed by atoms with E-state index >= 15 is 0 Å². The number of oxime groups is 1. The SMILES string of the molecule is NC(=NO)c1ccc(OCCOCc2ccco2)cc1. The molecule has 1 aromatic carbocycles. The van der Waals surface area contributed by atoms with Gasteiger partial charge in [0.05, 0.1) is 12.9 Å². The molecule has 1 heterocycles. The van der Waals surface area contributed by atoms with E-state index in [1.54, 1.807) is 30.5 Å². The van der Waals surface area contributed by atoms with E-state index < -0.39 is 0 Å². The van der Waals surface area contributed by atoms with Crippen LogP contribution in [0.5, 0.6) is 5.75 Å². The van der Waals surface area contributed by atoms with Gasteiger partial charge in [-0.1, -0.05) is 5.16 Å². The Balaban J connectivity index is 1.69. The van der Waals surface area contributed by atoms with Crippen molar-refractivity contribution in [2.45, 2.75) is 6.61 Å². The minimum Gasteiger partial charge on any atom is -0.491 e. The molecule has 0 aliphatic rings. The quantitative estimate of drug-likeness (QED) is 0.265. The molecular formula is C14H16N2O4. The zero-order chi connectivity index (χ0) is 14.2. The van der Waals surface area contributed by atoms with Gasteiger partial charge in [-0.2, -0.15) is 0 Å². The maximum Gasteiger partial charge on any atom is 0.170 e. The molecule has 2 rings (SSSR count). The summed E-state index contributed by atoms with van der Waals surface area (Å²) >= 11 is 0. The van der Waals surface area contributed by atoms with Crippen molar-refractivity contribution in [3.63, 3.8) is 0 Å². The largest absolute Gasteiger partial charge is 0.491 e. The second-order valence-corrected chi connectivity index (χ2v) is 3.99. The molecule has 0 fully saturated rings. The van der Waals surface area contributed by atoms with Crippen molar-refractivity contribution in [3.05, 3.63) is 54.0 Å². The molecule has 0 aliphatic heterocycles. The second kappa shape index (κ2) is 7.20. The van der Waals surface area contributed by atoms with E-state index in [9.17, 15) is 0 Å². The predicted octanol–water partition coefficient (Wildman–Crippen LogP) is 1.97. The van der Waals surface area contributed by atoms with Crippen LogP contribution in [0, 0.1) is 0 Å². The molecule has 6 nitrogen and oxygen atoms in total. The van der Waals surface area contributed by atoms with Crippen LogP contribution >= 0.6 is 0 Å². The summed E-state index contributed by atoms with van der Waals surface area (Å²) in [5.41, 5.74) is 6.09. The number of amidine groups is 1. The lowest BCUT2D eigenvalue weighted by Crippen LogP contribution is -2.12. The molecule has 0 bridgehead atoms. The summed E-state index contributed by atoms with van der Waals surface area (Å²) in [7, 11) is 0. The number of hydrogen-bond acceptors (Lipinski definition) is 5. The molecule has 6 heteroatoms. The summed E-state index contributed by atoms with van der Waals surface area (Å²) in [6, 6.07) is 10.6. The van der Waals surface area contributed by atoms with Crippen molar-refractivity contribution in [1.29, 1.82) is 0 Å². The number of rotatable bonds is 7. The van der Waals surface area contributed by atoms with E-state index in [2.05, 4.69) is 5.16 Å². The van der Waals surface area contributed by atoms with Gasteiger partial charge in [0.15, 0.2) is 5.84 Å². The molecular weight excluding hydrogens is 260 g/mol. The van der Waals surface area contributed by atoms with Crippen LogP contribution in [0.15, 0.2) is 52.2 Å². The Morgan fingerprint density at radius 2 is 2.00 bits per heavy atom. The summed E-state index contributed by atoms with van der Waals surface area (Å²) in [4.78, 5) is 0. The van der Waals surface area contributed by atoms with Gasteiger partial charge >= 0.3 is 0 Å². The Morgan fingerprint density at radius 1 is 1.20 bits per heavy atom. The zero-order valence-corrected chi connectivity index (χ0v) is 10.9. The second-order valence-electron chi connectivity index (χ2n) is 3.99. The molecule has 3 N–H and O–H groups in total. The fourth-order valence-corrected chi connectivity index (χ4v) is 1.57. The van der Waals surface area contributed by atoms with Crippen molar-refractivity contribution >= 4 is 5.84 Å². The fourth-order valence-electron chi connectivity index (χ4n) is 1.57. The van der Waals surface area contributed by atoms with E-state index in [0.717, 1.165) is 5.76 Å². The fraction of sp³-hybridized carbons (Fsp3) is 0.214. The number of ether oxygens (including phenoxy) is 2. The number of benzene rings is 1. The topological polar surface area (TPSA) is 90.2 Å². The molecule has 0 saturated heterocycles. The average Bonchev–Trinajstić information content (AvgIpc) is 3.00. The molecule has 0 aliphatic carbocycles. The molecule has 106 valence electrons. The molecule has 0 atom stereocenters. The van der Waals surface area contributed by atoms with Gasteiger partial charge < -0.3 is 24.8 Å². The van der Waals surface area contributed by atoms with E-state index in [-0.39, 0.29) is 5.84 Å². The standard InChI is InChI=1S/C14H16N2O4/c15-14(16-17)11-3-5-12(6-4-11)20-9-8-18-10-13-2-1-7-19-13/h1-7,17H,8-10H2,(H2,15,16). The summed E-state index contributed by atoms with van der Waals surface area (Å²) in [5.74, 6) is 1.55. The lowest BCUT2D eigenvalue weighted by molar-refractivity contribution is 0.0781. The highest BCUT2D eigenvalue weighted by atomic mass is 16.5. The third-order valence-electron chi connectivity index (χ3n) is 2.58. The van der Waals surface area contributed by atoms with E-state index in [1.165, 1.54) is 0 Å². The number of hydrogen-bond donors (Lipinski definition) is 2. The van der Waals surface area contributed by atoms with Crippen molar-refractivity contribution < 1.29 is 19.1 Å². The number of furan rings is 1. The Kier molecular flexibility index (Phi) is 5.02. The van der Waals surface area contributed by atoms with Crippen LogP contribution in [0.1, 0.15) is 11.3 Å². The van der Waals surface area contributed by atoms with Gasteiger partial charge in [-0.25, -0.2) is 0 Å². The monoisotopic (exact) mass is 276 g/mol. The first-order chi connectivity index (χ1) is 9.79. The minimum atomic E-state index is 0.0679. The highest BCUT2D eigenvalue weighted by molar-refractivity contribution is 5.97. The Hall–Kier alpha value is -2.47. The molecule has 0 radical (unpaired) electrons. The van der Waals surface area contributed by atoms with Crippen LogP contribution < -0.4 is 10.5 Å². The van der Waals surface area contributed by atoms with Crippen molar-refractivity contribution in [2.24, 2.45) is 10.9 Å². The van der Waals surface area contributed by atoms with Crippen molar-refractivity contribution in [2.75, 3.05) is 13.2 Å². The highest BCUT2D eigenvalue weighted by Crippen LogP contribution is 2.12. The van der Waals surface area contributed by atoms with E-state index in [4.69, 9.17) is 24.8 Å². The van der Waals surface area contributed by atoms with E-state index in [0.29, 0.717) is 31.1 Å². The van der Waals surface area contributed by atoms with Gasteiger partial charge in [-0.3, -0.25) is 0 Å². The van der Waals surface area contributed by atoms with Gasteiger partial charge in [0.1, 0.15) is 24.7 Å². The average molecular weight is 276 g/mol. The number of nitrogens with two attached hydrogens (primary N) is 1. The van der Waals surface area contributed by atoms with Gasteiger partial charge in [0.2, 0.25) is 0 Å². The Morgan fingerprint density at radius 3 is 2.65 bits per heavy atom. The Labute approximate surface area is 116 Å². The molecule has 0 unspecified atom stereocenters. The third-order valence-corrected chi connectivity index (χ3v) is 2.58. The van der Waals surface area contributed by atoms with Gasteiger partial charge in [-0.15, -0.1) is 0 Å². The summed E-state index contributed by atoms with van der Waals surface area (Å²) in [6.45, 7) is 1.32. The van der Waals surface area contributed by atoms with Crippen LogP contribution in [-0.4, -0.2) is 24.3 Å². The maximum absolute atomic E-state index is 8.54. The van der Waals surface area contributed by atoms with Crippen molar-refractivity contribution in [3.8, 4) is 5.75 Å². The van der Waals surface area contributed by atoms with Crippen LogP contribution in [0.2, 0.25) is 0 Å². The molecule has 0 spiro atoms. The molecule has 1 aromatic heterocycles. The Bertz CT molecular complexity index is 535. The lowest BCUT2D eigenvalue weighted by atomic mass is 10.2. The number of nitrogens with zero attached hydrogens (tertiary/aromatic N) is 1. The smallest absolute Gasteiger partial charge is 0.170 e. The predicted molar refractivity (Wildman–Crippen MR) is 72.8 cm³/mol. The van der Waals surface area contributed by atoms with Crippen molar-refractivity contribution in [1.82, 2.24) is 0 Å². The van der Waals surface area contributed by atoms with Gasteiger partial charge in [0, 0.05) is 5.56 Å². The van der Waals surface area contributed by atoms with E-state index in [1.807, 2.05) is 12.1 Å². The molecule has 20 heavy (non-hydrogen) atoms. The highest BCUT2D eigenvalue weighted by Gasteiger charge is 2.00. The maximum atomic E-state index is 8.54. The summed E-state index contributed by atoms with van der Waals surface area (Å²) in [6.07, 6.45) is 1.61. The first-order valence-electron chi connectivity index (χ1n) is 6.10. The van der Waals surface area contributed by atoms with Crippen LogP contribution in [0.3, 0.4) is 0 Å². The summed E-state index contributed by atoms with van der Waals surface area (Å²) in [5, 5.41) is 11.5. The zero-order valence-electron chi connectivity index (χ0n) is 10.9. The first-order valence-corrected chi connectivity index (χ1v) is 6.10. The van der Waals surface area contributed by atoms with Gasteiger partial charge in [-0.05, 0) is 36.4 Å². The van der Waals surface area contributed by atoms with Gasteiger partial charge in [0.25, 0.3) is 0 Å². The molecule has 2 aromatic rings. The minimum absolute atomic E-state index is 0.0679.